The van der Waals surface area contributed by atoms with E-state index in [1.54, 1.807) is 12.1 Å². The van der Waals surface area contributed by atoms with Gasteiger partial charge >= 0.3 is 0 Å². The minimum absolute atomic E-state index is 0.00768. The average molecular weight is 248 g/mol. The van der Waals surface area contributed by atoms with E-state index in [-0.39, 0.29) is 23.0 Å². The molecule has 0 bridgehead atoms. The number of nitriles is 1. The number of hydrogen-bond acceptors (Lipinski definition) is 4. The third-order valence-corrected chi connectivity index (χ3v) is 2.56. The first-order valence-electron chi connectivity index (χ1n) is 5.57. The second kappa shape index (κ2) is 5.92. The monoisotopic (exact) mass is 248 g/mol. The number of methoxy groups -OCH3 is 1. The van der Waals surface area contributed by atoms with Crippen molar-refractivity contribution in [2.45, 2.75) is 19.9 Å². The van der Waals surface area contributed by atoms with Crippen LogP contribution >= 0.6 is 0 Å². The van der Waals surface area contributed by atoms with Crippen LogP contribution in [0.1, 0.15) is 24.2 Å². The van der Waals surface area contributed by atoms with Gasteiger partial charge < -0.3 is 15.2 Å². The highest BCUT2D eigenvalue weighted by atomic mass is 16.5. The van der Waals surface area contributed by atoms with Crippen LogP contribution in [0.4, 0.5) is 0 Å². The second-order valence-corrected chi connectivity index (χ2v) is 4.18. The predicted octanol–water partition coefficient (Wildman–Crippen LogP) is 1.68. The molecule has 1 rings (SSSR count). The third-order valence-electron chi connectivity index (χ3n) is 2.56. The predicted molar refractivity (Wildman–Crippen MR) is 66.4 cm³/mol. The molecule has 1 aromatic carbocycles. The van der Waals surface area contributed by atoms with Gasteiger partial charge in [-0.3, -0.25) is 4.79 Å². The van der Waals surface area contributed by atoms with Crippen LogP contribution in [-0.4, -0.2) is 24.2 Å². The Labute approximate surface area is 106 Å². The molecule has 1 amide bonds. The molecule has 1 unspecified atom stereocenters. The topological polar surface area (TPSA) is 82.3 Å². The van der Waals surface area contributed by atoms with Crippen LogP contribution in [0.25, 0.3) is 0 Å². The van der Waals surface area contributed by atoms with Crippen molar-refractivity contribution in [1.29, 1.82) is 5.26 Å². The number of para-hydroxylation sites is 1. The molecule has 2 N–H and O–H groups in total. The number of carbonyl (C=O) groups excluding carboxylic acids is 1. The minimum Gasteiger partial charge on any atom is -0.504 e. The number of phenols is 1. The van der Waals surface area contributed by atoms with E-state index in [1.165, 1.54) is 13.2 Å². The zero-order valence-electron chi connectivity index (χ0n) is 10.6. The summed E-state index contributed by atoms with van der Waals surface area (Å²) in [4.78, 5) is 11.9. The number of carbonyl (C=O) groups is 1. The van der Waals surface area contributed by atoms with Crippen LogP contribution in [-0.2, 0) is 0 Å². The van der Waals surface area contributed by atoms with Crippen molar-refractivity contribution >= 4 is 5.91 Å². The number of benzene rings is 1. The molecular weight excluding hydrogens is 232 g/mol. The number of nitrogens with one attached hydrogen (secondary N) is 1. The maximum absolute atomic E-state index is 11.9. The number of hydrogen-bond donors (Lipinski definition) is 2. The lowest BCUT2D eigenvalue weighted by atomic mass is 10.1. The van der Waals surface area contributed by atoms with E-state index in [2.05, 4.69) is 5.32 Å². The lowest BCUT2D eigenvalue weighted by Gasteiger charge is -2.15. The van der Waals surface area contributed by atoms with Crippen molar-refractivity contribution in [2.24, 2.45) is 5.92 Å². The Bertz CT molecular complexity index is 478. The molecule has 0 saturated heterocycles. The number of ether oxygens (including phenoxy) is 1. The van der Waals surface area contributed by atoms with Gasteiger partial charge in [-0.05, 0) is 18.1 Å². The first kappa shape index (κ1) is 13.8. The summed E-state index contributed by atoms with van der Waals surface area (Å²) < 4.78 is 4.92. The molecule has 18 heavy (non-hydrogen) atoms. The zero-order chi connectivity index (χ0) is 13.7. The van der Waals surface area contributed by atoms with E-state index in [4.69, 9.17) is 10.00 Å². The van der Waals surface area contributed by atoms with Crippen LogP contribution in [0.5, 0.6) is 11.5 Å². The SMILES string of the molecule is COc1cccc(C(=O)NC(C#N)C(C)C)c1O. The minimum atomic E-state index is -0.594. The van der Waals surface area contributed by atoms with Crippen LogP contribution in [0.3, 0.4) is 0 Å². The summed E-state index contributed by atoms with van der Waals surface area (Å²) in [7, 11) is 1.41. The molecule has 1 atom stereocenters. The van der Waals surface area contributed by atoms with E-state index in [9.17, 15) is 9.90 Å². The molecule has 0 saturated carbocycles. The highest BCUT2D eigenvalue weighted by Gasteiger charge is 2.20. The number of nitrogens with zero attached hydrogens (tertiary/aromatic N) is 1. The summed E-state index contributed by atoms with van der Waals surface area (Å²) in [6.07, 6.45) is 0. The highest BCUT2D eigenvalue weighted by Crippen LogP contribution is 2.29. The van der Waals surface area contributed by atoms with Crippen molar-refractivity contribution in [3.05, 3.63) is 23.8 Å². The Hall–Kier alpha value is -2.22. The van der Waals surface area contributed by atoms with Crippen molar-refractivity contribution in [1.82, 2.24) is 5.32 Å². The Balaban J connectivity index is 2.95. The molecule has 0 aliphatic carbocycles. The van der Waals surface area contributed by atoms with Crippen molar-refractivity contribution < 1.29 is 14.6 Å². The standard InChI is InChI=1S/C13H16N2O3/c1-8(2)10(7-14)15-13(17)9-5-4-6-11(18-3)12(9)16/h4-6,8,10,16H,1-3H3,(H,15,17). The summed E-state index contributed by atoms with van der Waals surface area (Å²) in [5, 5.41) is 21.3. The van der Waals surface area contributed by atoms with Crippen molar-refractivity contribution in [3.63, 3.8) is 0 Å². The largest absolute Gasteiger partial charge is 0.504 e. The summed E-state index contributed by atoms with van der Waals surface area (Å²) in [5.41, 5.74) is 0.0928. The normalized spacial score (nSPS) is 11.7. The zero-order valence-corrected chi connectivity index (χ0v) is 10.6. The molecule has 0 radical (unpaired) electrons. The van der Waals surface area contributed by atoms with E-state index in [0.717, 1.165) is 0 Å². The molecule has 0 aliphatic heterocycles. The van der Waals surface area contributed by atoms with Gasteiger partial charge in [0.1, 0.15) is 6.04 Å². The van der Waals surface area contributed by atoms with Gasteiger partial charge in [0, 0.05) is 0 Å². The molecule has 5 heteroatoms. The Morgan fingerprint density at radius 2 is 2.17 bits per heavy atom. The maximum atomic E-state index is 11.9. The van der Waals surface area contributed by atoms with Gasteiger partial charge in [0.25, 0.3) is 5.91 Å². The third kappa shape index (κ3) is 2.92. The summed E-state index contributed by atoms with van der Waals surface area (Å²) in [6.45, 7) is 3.67. The van der Waals surface area contributed by atoms with Gasteiger partial charge in [0.2, 0.25) is 0 Å². The summed E-state index contributed by atoms with van der Waals surface area (Å²) in [6, 6.07) is 6.04. The van der Waals surface area contributed by atoms with Crippen LogP contribution in [0.15, 0.2) is 18.2 Å². The van der Waals surface area contributed by atoms with Crippen LogP contribution in [0.2, 0.25) is 0 Å². The number of rotatable bonds is 4. The van der Waals surface area contributed by atoms with Crippen LogP contribution < -0.4 is 10.1 Å². The Kier molecular flexibility index (Phi) is 4.55. The van der Waals surface area contributed by atoms with Crippen molar-refractivity contribution in [3.8, 4) is 17.6 Å². The second-order valence-electron chi connectivity index (χ2n) is 4.18. The van der Waals surface area contributed by atoms with Gasteiger partial charge in [0.05, 0.1) is 18.7 Å². The highest BCUT2D eigenvalue weighted by molar-refractivity contribution is 5.98. The van der Waals surface area contributed by atoms with Gasteiger partial charge in [-0.2, -0.15) is 5.26 Å². The van der Waals surface area contributed by atoms with Gasteiger partial charge in [-0.1, -0.05) is 19.9 Å². The van der Waals surface area contributed by atoms with E-state index < -0.39 is 11.9 Å². The fraction of sp³-hybridized carbons (Fsp3) is 0.385. The average Bonchev–Trinajstić information content (AvgIpc) is 2.35. The molecule has 0 aromatic heterocycles. The molecular formula is C13H16N2O3. The van der Waals surface area contributed by atoms with Gasteiger partial charge in [-0.25, -0.2) is 0 Å². The smallest absolute Gasteiger partial charge is 0.256 e. The van der Waals surface area contributed by atoms with E-state index in [0.29, 0.717) is 0 Å². The molecule has 0 aliphatic rings. The van der Waals surface area contributed by atoms with Crippen LogP contribution in [0, 0.1) is 17.2 Å². The number of phenolic OH excluding ortho intramolecular Hbond substituents is 1. The maximum Gasteiger partial charge on any atom is 0.256 e. The quantitative estimate of drug-likeness (QED) is 0.849. The molecule has 0 heterocycles. The molecule has 0 spiro atoms. The Morgan fingerprint density at radius 1 is 1.50 bits per heavy atom. The fourth-order valence-electron chi connectivity index (χ4n) is 1.44. The first-order chi connectivity index (χ1) is 8.51. The van der Waals surface area contributed by atoms with Gasteiger partial charge in [-0.15, -0.1) is 0 Å². The number of amides is 1. The van der Waals surface area contributed by atoms with E-state index in [1.807, 2.05) is 19.9 Å². The first-order valence-corrected chi connectivity index (χ1v) is 5.57. The lowest BCUT2D eigenvalue weighted by Crippen LogP contribution is -2.37. The fourth-order valence-corrected chi connectivity index (χ4v) is 1.44. The van der Waals surface area contributed by atoms with E-state index >= 15 is 0 Å². The summed E-state index contributed by atoms with van der Waals surface area (Å²) in [5.74, 6) is -0.503. The van der Waals surface area contributed by atoms with Gasteiger partial charge in [0.15, 0.2) is 11.5 Å². The number of aromatic hydroxyl groups is 1. The Morgan fingerprint density at radius 3 is 2.67 bits per heavy atom. The molecule has 5 nitrogen and oxygen atoms in total. The lowest BCUT2D eigenvalue weighted by molar-refractivity contribution is 0.0934. The molecule has 0 fully saturated rings. The van der Waals surface area contributed by atoms with Crippen molar-refractivity contribution in [2.75, 3.05) is 7.11 Å². The summed E-state index contributed by atoms with van der Waals surface area (Å²) >= 11 is 0. The molecule has 96 valence electrons. The molecule has 1 aromatic rings.